The second kappa shape index (κ2) is 13.5. The lowest BCUT2D eigenvalue weighted by atomic mass is 10.1. The number of carboxylic acids is 2. The van der Waals surface area contributed by atoms with E-state index in [-0.39, 0.29) is 19.3 Å². The zero-order valence-corrected chi connectivity index (χ0v) is 20.5. The molecular weight excluding hydrogens is 516 g/mol. The Hall–Kier alpha value is -5.06. The Bertz CT molecular complexity index is 1240. The van der Waals surface area contributed by atoms with Gasteiger partial charge >= 0.3 is 11.9 Å². The minimum Gasteiger partial charge on any atom is -0.481 e. The lowest BCUT2D eigenvalue weighted by Gasteiger charge is -2.24. The van der Waals surface area contributed by atoms with E-state index in [2.05, 4.69) is 45.9 Å². The van der Waals surface area contributed by atoms with Gasteiger partial charge in [0.25, 0.3) is 0 Å². The third-order valence-electron chi connectivity index (χ3n) is 5.55. The molecule has 39 heavy (non-hydrogen) atoms. The average molecular weight is 545 g/mol. The molecule has 0 bridgehead atoms. The van der Waals surface area contributed by atoms with Crippen molar-refractivity contribution in [2.45, 2.75) is 49.9 Å². The standard InChI is InChI=1S/C22H28N10O7/c23-14(4-18(33)34)19(35)30-15(1-11-5-24-8-27-11)20(36)31-16(2-12-6-25-9-28-12)21(37)32-17(22(38)39)3-13-7-26-10-29-13/h5-10,14-17H,1-4,23H2,(H,24,27)(H,25,28)(H,26,29)(H,30,35)(H,31,36)(H,32,37)(H,33,34)(H,38,39). The second-order valence-corrected chi connectivity index (χ2v) is 8.57. The predicted molar refractivity (Wildman–Crippen MR) is 131 cm³/mol. The maximum atomic E-state index is 13.3. The number of amides is 3. The molecule has 0 saturated carbocycles. The Morgan fingerprint density at radius 1 is 0.692 bits per heavy atom. The number of carboxylic acid groups (broad SMARTS) is 2. The van der Waals surface area contributed by atoms with E-state index >= 15 is 0 Å². The summed E-state index contributed by atoms with van der Waals surface area (Å²) >= 11 is 0. The maximum absolute atomic E-state index is 13.3. The number of imidazole rings is 3. The molecule has 0 saturated heterocycles. The van der Waals surface area contributed by atoms with Crippen LogP contribution in [0.4, 0.5) is 0 Å². The van der Waals surface area contributed by atoms with E-state index < -0.39 is 60.2 Å². The van der Waals surface area contributed by atoms with Crippen LogP contribution in [-0.4, -0.2) is 93.9 Å². The van der Waals surface area contributed by atoms with Crippen molar-refractivity contribution in [2.75, 3.05) is 0 Å². The fourth-order valence-corrected chi connectivity index (χ4v) is 3.57. The number of H-pyrrole nitrogens is 3. The summed E-state index contributed by atoms with van der Waals surface area (Å²) in [7, 11) is 0. The van der Waals surface area contributed by atoms with Gasteiger partial charge in [0.2, 0.25) is 17.7 Å². The van der Waals surface area contributed by atoms with Crippen molar-refractivity contribution in [2.24, 2.45) is 5.73 Å². The molecule has 0 spiro atoms. The lowest BCUT2D eigenvalue weighted by Crippen LogP contribution is -2.58. The summed E-state index contributed by atoms with van der Waals surface area (Å²) in [6, 6.07) is -5.33. The van der Waals surface area contributed by atoms with Crippen molar-refractivity contribution in [3.63, 3.8) is 0 Å². The number of aliphatic carboxylic acids is 2. The molecule has 17 heteroatoms. The normalized spacial score (nSPS) is 14.0. The first kappa shape index (κ1) is 28.5. The van der Waals surface area contributed by atoms with E-state index in [0.29, 0.717) is 17.1 Å². The van der Waals surface area contributed by atoms with Gasteiger partial charge in [-0.05, 0) is 0 Å². The molecule has 17 nitrogen and oxygen atoms in total. The molecule has 0 fully saturated rings. The summed E-state index contributed by atoms with van der Waals surface area (Å²) in [6.45, 7) is 0. The van der Waals surface area contributed by atoms with Gasteiger partial charge in [-0.2, -0.15) is 0 Å². The first-order valence-electron chi connectivity index (χ1n) is 11.7. The van der Waals surface area contributed by atoms with Crippen molar-refractivity contribution in [1.82, 2.24) is 45.9 Å². The molecule has 208 valence electrons. The Morgan fingerprint density at radius 3 is 1.44 bits per heavy atom. The highest BCUT2D eigenvalue weighted by atomic mass is 16.4. The van der Waals surface area contributed by atoms with E-state index in [1.165, 1.54) is 37.6 Å². The molecular formula is C22H28N10O7. The Kier molecular flexibility index (Phi) is 9.85. The minimum absolute atomic E-state index is 0.0861. The largest absolute Gasteiger partial charge is 0.481 e. The zero-order valence-electron chi connectivity index (χ0n) is 20.5. The number of hydrogen-bond donors (Lipinski definition) is 9. The number of nitrogens with zero attached hydrogens (tertiary/aromatic N) is 3. The number of rotatable bonds is 15. The van der Waals surface area contributed by atoms with Crippen molar-refractivity contribution >= 4 is 29.7 Å². The van der Waals surface area contributed by atoms with Crippen molar-refractivity contribution < 1.29 is 34.2 Å². The highest BCUT2D eigenvalue weighted by molar-refractivity contribution is 5.95. The fraction of sp³-hybridized carbons (Fsp3) is 0.364. The molecule has 3 heterocycles. The Balaban J connectivity index is 1.78. The molecule has 3 aromatic heterocycles. The van der Waals surface area contributed by atoms with Gasteiger partial charge in [-0.3, -0.25) is 19.2 Å². The van der Waals surface area contributed by atoms with Gasteiger partial charge in [-0.15, -0.1) is 0 Å². The Labute approximate surface area is 220 Å². The van der Waals surface area contributed by atoms with Gasteiger partial charge in [-0.25, -0.2) is 19.7 Å². The first-order chi connectivity index (χ1) is 18.6. The van der Waals surface area contributed by atoms with Crippen LogP contribution in [0.3, 0.4) is 0 Å². The number of carbonyl (C=O) groups is 5. The van der Waals surface area contributed by atoms with Crippen LogP contribution in [0.25, 0.3) is 0 Å². The van der Waals surface area contributed by atoms with Crippen LogP contribution >= 0.6 is 0 Å². The summed E-state index contributed by atoms with van der Waals surface area (Å²) in [6.07, 6.45) is 7.44. The molecule has 3 rings (SSSR count). The maximum Gasteiger partial charge on any atom is 0.326 e. The minimum atomic E-state index is -1.43. The second-order valence-electron chi connectivity index (χ2n) is 8.57. The molecule has 3 amide bonds. The number of aromatic nitrogens is 6. The van der Waals surface area contributed by atoms with E-state index in [1.807, 2.05) is 0 Å². The van der Waals surface area contributed by atoms with E-state index in [1.54, 1.807) is 0 Å². The molecule has 0 aromatic carbocycles. The summed E-state index contributed by atoms with van der Waals surface area (Å²) in [5.74, 6) is -5.11. The third-order valence-corrected chi connectivity index (χ3v) is 5.55. The van der Waals surface area contributed by atoms with E-state index in [9.17, 15) is 29.1 Å². The smallest absolute Gasteiger partial charge is 0.326 e. The molecule has 0 aliphatic carbocycles. The van der Waals surface area contributed by atoms with Crippen LogP contribution in [0.5, 0.6) is 0 Å². The molecule has 0 aliphatic rings. The van der Waals surface area contributed by atoms with E-state index in [0.717, 1.165) is 0 Å². The molecule has 3 aromatic rings. The fourth-order valence-electron chi connectivity index (χ4n) is 3.57. The van der Waals surface area contributed by atoms with Gasteiger partial charge in [0, 0.05) is 54.9 Å². The summed E-state index contributed by atoms with van der Waals surface area (Å²) < 4.78 is 0. The predicted octanol–water partition coefficient (Wildman–Crippen LogP) is -2.78. The van der Waals surface area contributed by atoms with Crippen molar-refractivity contribution in [3.8, 4) is 0 Å². The van der Waals surface area contributed by atoms with Gasteiger partial charge in [0.1, 0.15) is 18.1 Å². The number of aromatic amines is 3. The number of carbonyl (C=O) groups excluding carboxylic acids is 3. The van der Waals surface area contributed by atoms with Crippen LogP contribution in [0.2, 0.25) is 0 Å². The monoisotopic (exact) mass is 544 g/mol. The van der Waals surface area contributed by atoms with Gasteiger partial charge in [0.05, 0.1) is 31.4 Å². The van der Waals surface area contributed by atoms with Gasteiger partial charge in [0.15, 0.2) is 0 Å². The third kappa shape index (κ3) is 8.78. The van der Waals surface area contributed by atoms with Crippen LogP contribution in [0.1, 0.15) is 23.5 Å². The number of hydrogen-bond acceptors (Lipinski definition) is 9. The summed E-state index contributed by atoms with van der Waals surface area (Å²) in [5, 5.41) is 25.9. The van der Waals surface area contributed by atoms with Crippen LogP contribution in [0, 0.1) is 0 Å². The SMILES string of the molecule is NC(CC(=O)O)C(=O)NC(Cc1cnc[nH]1)C(=O)NC(Cc1cnc[nH]1)C(=O)NC(Cc1cnc[nH]1)C(=O)O. The topological polar surface area (TPSA) is 274 Å². The number of nitrogens with two attached hydrogens (primary N) is 1. The summed E-state index contributed by atoms with van der Waals surface area (Å²) in [4.78, 5) is 81.7. The molecule has 4 atom stereocenters. The van der Waals surface area contributed by atoms with Crippen molar-refractivity contribution in [1.29, 1.82) is 0 Å². The highest BCUT2D eigenvalue weighted by Crippen LogP contribution is 2.06. The zero-order chi connectivity index (χ0) is 28.4. The van der Waals surface area contributed by atoms with Gasteiger partial charge < -0.3 is 46.8 Å². The van der Waals surface area contributed by atoms with Crippen LogP contribution < -0.4 is 21.7 Å². The molecule has 4 unspecified atom stereocenters. The van der Waals surface area contributed by atoms with Crippen molar-refractivity contribution in [3.05, 3.63) is 54.7 Å². The molecule has 0 aliphatic heterocycles. The average Bonchev–Trinajstić information content (AvgIpc) is 3.66. The molecule has 10 N–H and O–H groups in total. The van der Waals surface area contributed by atoms with Crippen LogP contribution in [0.15, 0.2) is 37.6 Å². The van der Waals surface area contributed by atoms with Gasteiger partial charge in [-0.1, -0.05) is 0 Å². The highest BCUT2D eigenvalue weighted by Gasteiger charge is 2.31. The van der Waals surface area contributed by atoms with Crippen LogP contribution in [-0.2, 0) is 43.2 Å². The lowest BCUT2D eigenvalue weighted by molar-refractivity contribution is -0.142. The molecule has 0 radical (unpaired) electrons. The quantitative estimate of drug-likeness (QED) is 0.0944. The first-order valence-corrected chi connectivity index (χ1v) is 11.7. The van der Waals surface area contributed by atoms with E-state index in [4.69, 9.17) is 10.8 Å². The Morgan fingerprint density at radius 2 is 1.08 bits per heavy atom. The number of nitrogens with one attached hydrogen (secondary N) is 6. The summed E-state index contributed by atoms with van der Waals surface area (Å²) in [5.41, 5.74) is 7.03.